The molecular weight excluding hydrogens is 320 g/mol. The Morgan fingerprint density at radius 1 is 1.43 bits per heavy atom. The largest absolute Gasteiger partial charge is 0.377 e. The number of hydrogen-bond donors (Lipinski definition) is 0. The Morgan fingerprint density at radius 2 is 2.30 bits per heavy atom. The molecule has 1 aromatic heterocycles. The van der Waals surface area contributed by atoms with E-state index in [1.54, 1.807) is 15.3 Å². The third kappa shape index (κ3) is 3.90. The van der Waals surface area contributed by atoms with Gasteiger partial charge in [-0.05, 0) is 19.3 Å². The van der Waals surface area contributed by atoms with E-state index >= 15 is 0 Å². The van der Waals surface area contributed by atoms with Gasteiger partial charge < -0.3 is 9.47 Å². The molecule has 0 unspecified atom stereocenters. The molecule has 0 aromatic carbocycles. The van der Waals surface area contributed by atoms with E-state index in [4.69, 9.17) is 9.47 Å². The Balaban J connectivity index is 1.68. The van der Waals surface area contributed by atoms with Gasteiger partial charge in [0, 0.05) is 13.1 Å². The molecule has 23 heavy (non-hydrogen) atoms. The number of ether oxygens (including phenoxy) is 2. The smallest absolute Gasteiger partial charge is 0.214 e. The fraction of sp³-hybridized carbons (Fsp3) is 0.857. The predicted octanol–water partition coefficient (Wildman–Crippen LogP) is 0.268. The fourth-order valence-corrected chi connectivity index (χ4v) is 4.84. The fourth-order valence-electron chi connectivity index (χ4n) is 3.28. The summed E-state index contributed by atoms with van der Waals surface area (Å²) < 4.78 is 40.0. The van der Waals surface area contributed by atoms with Crippen LogP contribution in [-0.2, 0) is 26.0 Å². The van der Waals surface area contributed by atoms with Crippen molar-refractivity contribution in [2.24, 2.45) is 0 Å². The molecule has 8 nitrogen and oxygen atoms in total. The molecule has 1 spiro atoms. The van der Waals surface area contributed by atoms with Crippen molar-refractivity contribution in [3.8, 4) is 0 Å². The average Bonchev–Trinajstić information content (AvgIpc) is 3.07. The highest BCUT2D eigenvalue weighted by Gasteiger charge is 2.45. The van der Waals surface area contributed by atoms with E-state index in [9.17, 15) is 8.42 Å². The van der Waals surface area contributed by atoms with Gasteiger partial charge in [-0.25, -0.2) is 13.4 Å². The molecule has 0 radical (unpaired) electrons. The number of rotatable bonds is 5. The molecule has 9 heteroatoms. The van der Waals surface area contributed by atoms with Gasteiger partial charge in [-0.2, -0.15) is 9.40 Å². The molecular formula is C14H24N4O4S. The number of hydrogen-bond acceptors (Lipinski definition) is 6. The summed E-state index contributed by atoms with van der Waals surface area (Å²) >= 11 is 0. The summed E-state index contributed by atoms with van der Waals surface area (Å²) in [7, 11) is -3.24. The lowest BCUT2D eigenvalue weighted by molar-refractivity contribution is -0.0860. The summed E-state index contributed by atoms with van der Waals surface area (Å²) in [6.45, 7) is 4.15. The quantitative estimate of drug-likeness (QED) is 0.762. The maximum atomic E-state index is 12.4. The predicted molar refractivity (Wildman–Crippen MR) is 83.3 cm³/mol. The molecule has 0 saturated carbocycles. The first-order valence-corrected chi connectivity index (χ1v) is 9.70. The molecule has 1 aromatic rings. The van der Waals surface area contributed by atoms with Gasteiger partial charge in [-0.1, -0.05) is 6.92 Å². The van der Waals surface area contributed by atoms with Crippen LogP contribution in [0.5, 0.6) is 0 Å². The Labute approximate surface area is 136 Å². The van der Waals surface area contributed by atoms with Gasteiger partial charge in [-0.15, -0.1) is 0 Å². The first-order chi connectivity index (χ1) is 11.0. The average molecular weight is 344 g/mol. The Hall–Kier alpha value is -1.03. The van der Waals surface area contributed by atoms with Crippen molar-refractivity contribution >= 4 is 10.0 Å². The highest BCUT2D eigenvalue weighted by atomic mass is 32.2. The van der Waals surface area contributed by atoms with Crippen molar-refractivity contribution in [2.75, 3.05) is 32.1 Å². The number of aromatic nitrogens is 3. The maximum absolute atomic E-state index is 12.4. The SMILES string of the molecule is CCCS(=O)(=O)N1CCOC[C@@]2(CC[C@@H](Cn3cncn3)O2)C1. The molecule has 2 fully saturated rings. The van der Waals surface area contributed by atoms with Crippen LogP contribution in [0.25, 0.3) is 0 Å². The molecule has 2 saturated heterocycles. The summed E-state index contributed by atoms with van der Waals surface area (Å²) in [4.78, 5) is 3.93. The van der Waals surface area contributed by atoms with Crippen LogP contribution in [0.1, 0.15) is 26.2 Å². The Bertz CT molecular complexity index is 606. The van der Waals surface area contributed by atoms with Gasteiger partial charge in [0.1, 0.15) is 18.3 Å². The number of sulfonamides is 1. The molecule has 0 N–H and O–H groups in total. The molecule has 3 rings (SSSR count). The van der Waals surface area contributed by atoms with Crippen LogP contribution >= 0.6 is 0 Å². The van der Waals surface area contributed by atoms with E-state index in [0.29, 0.717) is 39.3 Å². The Kier molecular flexibility index (Phi) is 5.00. The van der Waals surface area contributed by atoms with Gasteiger partial charge >= 0.3 is 0 Å². The van der Waals surface area contributed by atoms with E-state index in [0.717, 1.165) is 12.8 Å². The van der Waals surface area contributed by atoms with Gasteiger partial charge in [0.05, 0.1) is 31.6 Å². The second-order valence-electron chi connectivity index (χ2n) is 6.28. The van der Waals surface area contributed by atoms with E-state index in [1.807, 2.05) is 6.92 Å². The zero-order valence-electron chi connectivity index (χ0n) is 13.4. The van der Waals surface area contributed by atoms with Crippen molar-refractivity contribution in [3.63, 3.8) is 0 Å². The second kappa shape index (κ2) is 6.84. The zero-order valence-corrected chi connectivity index (χ0v) is 14.2. The van der Waals surface area contributed by atoms with Crippen LogP contribution in [0.3, 0.4) is 0 Å². The summed E-state index contributed by atoms with van der Waals surface area (Å²) in [6, 6.07) is 0. The van der Waals surface area contributed by atoms with Crippen molar-refractivity contribution in [3.05, 3.63) is 12.7 Å². The van der Waals surface area contributed by atoms with Crippen LogP contribution in [0.4, 0.5) is 0 Å². The molecule has 0 aliphatic carbocycles. The summed E-state index contributed by atoms with van der Waals surface area (Å²) in [5, 5.41) is 4.10. The van der Waals surface area contributed by atoms with Crippen molar-refractivity contribution in [2.45, 2.75) is 44.4 Å². The standard InChI is InChI=1S/C14H24N4O4S/c1-2-7-23(19,20)18-5-6-21-10-14(9-18)4-3-13(22-14)8-17-12-15-11-16-17/h11-13H,2-10H2,1H3/t13-,14+/m0/s1. The minimum atomic E-state index is -3.24. The third-order valence-electron chi connectivity index (χ3n) is 4.37. The highest BCUT2D eigenvalue weighted by molar-refractivity contribution is 7.89. The molecule has 0 amide bonds. The van der Waals surface area contributed by atoms with Crippen molar-refractivity contribution in [1.29, 1.82) is 0 Å². The van der Waals surface area contributed by atoms with Crippen molar-refractivity contribution < 1.29 is 17.9 Å². The lowest BCUT2D eigenvalue weighted by atomic mass is 10.0. The van der Waals surface area contributed by atoms with Crippen LogP contribution in [0.2, 0.25) is 0 Å². The molecule has 2 atom stereocenters. The lowest BCUT2D eigenvalue weighted by Crippen LogP contribution is -2.47. The highest BCUT2D eigenvalue weighted by Crippen LogP contribution is 2.34. The summed E-state index contributed by atoms with van der Waals surface area (Å²) in [5.41, 5.74) is -0.539. The maximum Gasteiger partial charge on any atom is 0.214 e. The minimum Gasteiger partial charge on any atom is -0.377 e. The normalized spacial score (nSPS) is 29.9. The molecule has 130 valence electrons. The van der Waals surface area contributed by atoms with Crippen LogP contribution in [0, 0.1) is 0 Å². The van der Waals surface area contributed by atoms with Gasteiger partial charge in [0.25, 0.3) is 0 Å². The van der Waals surface area contributed by atoms with E-state index in [2.05, 4.69) is 10.1 Å². The van der Waals surface area contributed by atoms with Crippen LogP contribution < -0.4 is 0 Å². The lowest BCUT2D eigenvalue weighted by Gasteiger charge is -2.31. The first kappa shape index (κ1) is 16.8. The Morgan fingerprint density at radius 3 is 3.04 bits per heavy atom. The molecule has 2 aliphatic rings. The summed E-state index contributed by atoms with van der Waals surface area (Å²) in [5.74, 6) is 0.172. The van der Waals surface area contributed by atoms with Gasteiger partial charge in [0.2, 0.25) is 10.0 Å². The molecule has 0 bridgehead atoms. The van der Waals surface area contributed by atoms with Gasteiger partial charge in [-0.3, -0.25) is 4.68 Å². The zero-order chi connectivity index (χ0) is 16.3. The van der Waals surface area contributed by atoms with E-state index < -0.39 is 15.6 Å². The number of nitrogens with zero attached hydrogens (tertiary/aromatic N) is 4. The van der Waals surface area contributed by atoms with Crippen LogP contribution in [-0.4, -0.2) is 71.2 Å². The third-order valence-corrected chi connectivity index (χ3v) is 6.39. The van der Waals surface area contributed by atoms with E-state index in [1.165, 1.54) is 6.33 Å². The topological polar surface area (TPSA) is 86.6 Å². The minimum absolute atomic E-state index is 0.00845. The second-order valence-corrected chi connectivity index (χ2v) is 8.37. The first-order valence-electron chi connectivity index (χ1n) is 8.09. The summed E-state index contributed by atoms with van der Waals surface area (Å²) in [6.07, 6.45) is 5.45. The molecule has 2 aliphatic heterocycles. The van der Waals surface area contributed by atoms with Gasteiger partial charge in [0.15, 0.2) is 0 Å². The monoisotopic (exact) mass is 344 g/mol. The van der Waals surface area contributed by atoms with Crippen LogP contribution in [0.15, 0.2) is 12.7 Å². The van der Waals surface area contributed by atoms with Crippen molar-refractivity contribution in [1.82, 2.24) is 19.1 Å². The molecule has 3 heterocycles. The van der Waals surface area contributed by atoms with E-state index in [-0.39, 0.29) is 11.9 Å².